The first-order valence-electron chi connectivity index (χ1n) is 13.2. The smallest absolute Gasteiger partial charge is 0.324 e. The second kappa shape index (κ2) is 11.1. The summed E-state index contributed by atoms with van der Waals surface area (Å²) in [6.07, 6.45) is 1.58. The number of carbonyl (C=O) groups excluding carboxylic acids is 3. The lowest BCUT2D eigenvalue weighted by molar-refractivity contribution is -0.144. The highest BCUT2D eigenvalue weighted by Crippen LogP contribution is 2.38. The molecule has 0 spiro atoms. The predicted octanol–water partition coefficient (Wildman–Crippen LogP) is 5.90. The van der Waals surface area contributed by atoms with Crippen LogP contribution in [0.2, 0.25) is 0 Å². The summed E-state index contributed by atoms with van der Waals surface area (Å²) < 4.78 is 20.0. The van der Waals surface area contributed by atoms with E-state index in [1.165, 1.54) is 24.5 Å². The number of halogens is 1. The second-order valence-electron chi connectivity index (χ2n) is 11.6. The number of rotatable bonds is 5. The van der Waals surface area contributed by atoms with Crippen LogP contribution in [-0.4, -0.2) is 65.4 Å². The Morgan fingerprint density at radius 2 is 1.83 bits per heavy atom. The van der Waals surface area contributed by atoms with Gasteiger partial charge in [-0.1, -0.05) is 20.8 Å². The maximum absolute atomic E-state index is 14.9. The van der Waals surface area contributed by atoms with Crippen molar-refractivity contribution in [2.24, 2.45) is 0 Å². The number of benzene rings is 1. The molecular weight excluding hydrogens is 545 g/mol. The minimum Gasteiger partial charge on any atom is -0.481 e. The summed E-state index contributed by atoms with van der Waals surface area (Å²) in [5, 5.41) is 5.85. The van der Waals surface area contributed by atoms with E-state index < -0.39 is 17.4 Å². The Labute approximate surface area is 243 Å². The largest absolute Gasteiger partial charge is 0.481 e. The number of ether oxygens (including phenoxy) is 1. The van der Waals surface area contributed by atoms with Gasteiger partial charge in [-0.2, -0.15) is 0 Å². The van der Waals surface area contributed by atoms with Gasteiger partial charge < -0.3 is 19.9 Å². The number of aromatic nitrogens is 1. The number of anilines is 2. The van der Waals surface area contributed by atoms with Crippen molar-refractivity contribution in [3.8, 4) is 17.0 Å². The van der Waals surface area contributed by atoms with E-state index in [2.05, 4.69) is 15.6 Å². The van der Waals surface area contributed by atoms with Crippen LogP contribution in [0.5, 0.6) is 5.88 Å². The van der Waals surface area contributed by atoms with E-state index in [4.69, 9.17) is 4.74 Å². The normalized spacial score (nSPS) is 15.1. The summed E-state index contributed by atoms with van der Waals surface area (Å²) >= 11 is 1.30. The van der Waals surface area contributed by atoms with E-state index in [1.807, 2.05) is 20.8 Å². The summed E-state index contributed by atoms with van der Waals surface area (Å²) in [5.74, 6) is -0.549. The molecule has 3 aromatic rings. The number of nitrogens with zero attached hydrogens (tertiary/aromatic N) is 3. The van der Waals surface area contributed by atoms with Crippen molar-refractivity contribution >= 4 is 39.9 Å². The molecule has 0 bridgehead atoms. The van der Waals surface area contributed by atoms with Gasteiger partial charge in [0.15, 0.2) is 0 Å². The zero-order valence-corrected chi connectivity index (χ0v) is 25.5. The third-order valence-corrected chi connectivity index (χ3v) is 8.71. The zero-order chi connectivity index (χ0) is 30.3. The van der Waals surface area contributed by atoms with Crippen LogP contribution in [0, 0.1) is 12.7 Å². The number of hydrogen-bond donors (Lipinski definition) is 2. The molecule has 218 valence electrons. The molecule has 1 aliphatic heterocycles. The topological polar surface area (TPSA) is 104 Å². The number of hydrogen-bond acceptors (Lipinski definition) is 6. The quantitative estimate of drug-likeness (QED) is 0.391. The van der Waals surface area contributed by atoms with Crippen molar-refractivity contribution in [3.63, 3.8) is 0 Å². The number of piperazine rings is 1. The monoisotopic (exact) mass is 581 g/mol. The van der Waals surface area contributed by atoms with E-state index in [0.29, 0.717) is 46.2 Å². The van der Waals surface area contributed by atoms with Crippen molar-refractivity contribution < 1.29 is 23.5 Å². The number of nitrogens with one attached hydrogen (secondary N) is 2. The van der Waals surface area contributed by atoms with E-state index in [9.17, 15) is 18.8 Å². The number of carbonyl (C=O) groups is 3. The third-order valence-electron chi connectivity index (χ3n) is 7.24. The summed E-state index contributed by atoms with van der Waals surface area (Å²) in [5.41, 5.74) is 0.859. The Hall–Kier alpha value is -3.99. The SMILES string of the molecule is COc1ccc(-c2cc(NC(=O)Nc3sc(C(C)(C)C)cc3C(=O)N3CCN(C)C(=O)C3(C)C)cc(F)c2C)cn1. The van der Waals surface area contributed by atoms with Gasteiger partial charge in [0.25, 0.3) is 5.91 Å². The molecule has 0 aliphatic carbocycles. The van der Waals surface area contributed by atoms with Crippen LogP contribution in [0.1, 0.15) is 55.4 Å². The molecule has 1 aliphatic rings. The fraction of sp³-hybridized carbons (Fsp3) is 0.400. The molecule has 0 saturated carbocycles. The lowest BCUT2D eigenvalue weighted by atomic mass is 9.93. The molecule has 2 N–H and O–H groups in total. The first-order chi connectivity index (χ1) is 19.1. The Bertz CT molecular complexity index is 1490. The van der Waals surface area contributed by atoms with Gasteiger partial charge in [0.1, 0.15) is 16.4 Å². The Kier molecular flexibility index (Phi) is 8.13. The molecule has 9 nitrogen and oxygen atoms in total. The summed E-state index contributed by atoms with van der Waals surface area (Å²) in [4.78, 5) is 48.1. The number of thiophene rings is 1. The molecule has 11 heteroatoms. The Morgan fingerprint density at radius 3 is 2.44 bits per heavy atom. The van der Waals surface area contributed by atoms with Crippen LogP contribution < -0.4 is 15.4 Å². The van der Waals surface area contributed by atoms with Gasteiger partial charge in [0.05, 0.1) is 12.7 Å². The summed E-state index contributed by atoms with van der Waals surface area (Å²) in [6.45, 7) is 11.9. The van der Waals surface area contributed by atoms with Crippen LogP contribution >= 0.6 is 11.3 Å². The van der Waals surface area contributed by atoms with Crippen LogP contribution in [-0.2, 0) is 10.2 Å². The van der Waals surface area contributed by atoms with Gasteiger partial charge in [-0.05, 0) is 61.6 Å². The van der Waals surface area contributed by atoms with Gasteiger partial charge in [-0.15, -0.1) is 11.3 Å². The van der Waals surface area contributed by atoms with Crippen molar-refractivity contribution in [3.05, 3.63) is 58.3 Å². The Balaban J connectivity index is 1.62. The highest BCUT2D eigenvalue weighted by molar-refractivity contribution is 7.16. The average molecular weight is 582 g/mol. The lowest BCUT2D eigenvalue weighted by Gasteiger charge is -2.44. The number of urea groups is 1. The Morgan fingerprint density at radius 1 is 1.12 bits per heavy atom. The predicted molar refractivity (Wildman–Crippen MR) is 159 cm³/mol. The number of likely N-dealkylation sites (N-methyl/N-ethyl adjacent to an activating group) is 1. The molecular formula is C30H36FN5O4S. The van der Waals surface area contributed by atoms with Crippen LogP contribution in [0.3, 0.4) is 0 Å². The molecule has 2 aromatic heterocycles. The lowest BCUT2D eigenvalue weighted by Crippen LogP contribution is -2.63. The molecule has 0 unspecified atom stereocenters. The molecule has 0 atom stereocenters. The average Bonchev–Trinajstić information content (AvgIpc) is 3.33. The van der Waals surface area contributed by atoms with E-state index in [-0.39, 0.29) is 22.9 Å². The first kappa shape index (κ1) is 30.0. The van der Waals surface area contributed by atoms with E-state index in [0.717, 1.165) is 4.88 Å². The molecule has 4 amide bonds. The zero-order valence-electron chi connectivity index (χ0n) is 24.6. The molecule has 1 saturated heterocycles. The molecule has 3 heterocycles. The van der Waals surface area contributed by atoms with Gasteiger partial charge in [-0.3, -0.25) is 14.9 Å². The molecule has 41 heavy (non-hydrogen) atoms. The van der Waals surface area contributed by atoms with Crippen molar-refractivity contribution in [1.29, 1.82) is 0 Å². The number of methoxy groups -OCH3 is 1. The molecule has 1 fully saturated rings. The van der Waals surface area contributed by atoms with Gasteiger partial charge >= 0.3 is 6.03 Å². The minimum absolute atomic E-state index is 0.153. The summed E-state index contributed by atoms with van der Waals surface area (Å²) in [7, 11) is 3.23. The van der Waals surface area contributed by atoms with Crippen molar-refractivity contribution in [1.82, 2.24) is 14.8 Å². The maximum Gasteiger partial charge on any atom is 0.324 e. The van der Waals surface area contributed by atoms with Crippen LogP contribution in [0.15, 0.2) is 36.5 Å². The standard InChI is InChI=1S/C30H36FN5O4S/c1-17-20(18-9-10-24(40-8)32-16-18)13-19(14-22(17)31)33-28(39)34-25-21(15-23(41-25)29(2,3)4)26(37)36-12-11-35(7)27(38)30(36,5)6/h9-10,13-16H,11-12H2,1-8H3,(H2,33,34,39). The van der Waals surface area contributed by atoms with E-state index >= 15 is 0 Å². The highest BCUT2D eigenvalue weighted by atomic mass is 32.1. The third kappa shape index (κ3) is 6.04. The fourth-order valence-electron chi connectivity index (χ4n) is 4.70. The number of pyridine rings is 1. The number of amides is 4. The van der Waals surface area contributed by atoms with Gasteiger partial charge in [0, 0.05) is 48.5 Å². The van der Waals surface area contributed by atoms with Crippen molar-refractivity contribution in [2.45, 2.75) is 52.5 Å². The van der Waals surface area contributed by atoms with E-state index in [1.54, 1.807) is 68.1 Å². The maximum atomic E-state index is 14.9. The van der Waals surface area contributed by atoms with Gasteiger partial charge in [0.2, 0.25) is 11.8 Å². The molecule has 1 aromatic carbocycles. The fourth-order valence-corrected chi connectivity index (χ4v) is 5.81. The minimum atomic E-state index is -1.04. The first-order valence-corrected chi connectivity index (χ1v) is 14.1. The highest BCUT2D eigenvalue weighted by Gasteiger charge is 2.44. The van der Waals surface area contributed by atoms with Crippen LogP contribution in [0.25, 0.3) is 11.1 Å². The van der Waals surface area contributed by atoms with Crippen molar-refractivity contribution in [2.75, 3.05) is 37.9 Å². The molecule has 0 radical (unpaired) electrons. The summed E-state index contributed by atoms with van der Waals surface area (Å²) in [6, 6.07) is 7.51. The second-order valence-corrected chi connectivity index (χ2v) is 12.7. The van der Waals surface area contributed by atoms with Gasteiger partial charge in [-0.25, -0.2) is 14.2 Å². The van der Waals surface area contributed by atoms with Crippen LogP contribution in [0.4, 0.5) is 19.9 Å². The molecule has 4 rings (SSSR count).